The lowest BCUT2D eigenvalue weighted by Crippen LogP contribution is -2.83. The smallest absolute Gasteiger partial charge is 0.316 e. The Labute approximate surface area is 146 Å². The molecule has 0 aromatic carbocycles. The second-order valence-corrected chi connectivity index (χ2v) is 7.18. The molecule has 0 spiro atoms. The van der Waals surface area contributed by atoms with Crippen LogP contribution in [0, 0.1) is 16.7 Å². The van der Waals surface area contributed by atoms with E-state index in [-0.39, 0.29) is 25.2 Å². The summed E-state index contributed by atoms with van der Waals surface area (Å²) in [7, 11) is 1.26. The number of methoxy groups -OCH3 is 1. The largest absolute Gasteiger partial charge is 0.468 e. The summed E-state index contributed by atoms with van der Waals surface area (Å²) in [5.41, 5.74) is -3.92. The molecule has 3 rings (SSSR count). The van der Waals surface area contributed by atoms with E-state index in [4.69, 9.17) is 14.2 Å². The molecule has 138 valence electrons. The standard InChI is InChI=1S/C18H24O7/c1-4-24-15(22)16-8-5-6-9-18(16,25-11(2)19)17(14(21)23-3)10-7-12(20)13(16)17/h13H,4-10H2,1-3H3/t13-,16+,17-,18-/m0/s1. The van der Waals surface area contributed by atoms with Crippen molar-refractivity contribution < 1.29 is 33.4 Å². The molecule has 0 aromatic heterocycles. The molecule has 3 aliphatic rings. The molecule has 0 radical (unpaired) electrons. The number of fused-ring (bicyclic) bond motifs is 4. The summed E-state index contributed by atoms with van der Waals surface area (Å²) in [4.78, 5) is 50.4. The van der Waals surface area contributed by atoms with Crippen LogP contribution < -0.4 is 0 Å². The predicted octanol–water partition coefficient (Wildman–Crippen LogP) is 1.56. The van der Waals surface area contributed by atoms with Gasteiger partial charge in [0.2, 0.25) is 0 Å². The van der Waals surface area contributed by atoms with Crippen LogP contribution in [0.2, 0.25) is 0 Å². The third kappa shape index (κ3) is 1.87. The van der Waals surface area contributed by atoms with Crippen LogP contribution in [0.25, 0.3) is 0 Å². The molecule has 0 amide bonds. The van der Waals surface area contributed by atoms with Crippen molar-refractivity contribution in [1.29, 1.82) is 0 Å². The fraction of sp³-hybridized carbons (Fsp3) is 0.778. The number of Topliss-reactive ketones (excluding diaryl/α,β-unsaturated/α-hetero) is 1. The third-order valence-corrected chi connectivity index (χ3v) is 6.37. The Balaban J connectivity index is 2.23. The summed E-state index contributed by atoms with van der Waals surface area (Å²) >= 11 is 0. The van der Waals surface area contributed by atoms with Crippen LogP contribution in [0.4, 0.5) is 0 Å². The van der Waals surface area contributed by atoms with Crippen LogP contribution in [0.1, 0.15) is 52.4 Å². The molecular weight excluding hydrogens is 328 g/mol. The molecule has 0 bridgehead atoms. The number of esters is 3. The quantitative estimate of drug-likeness (QED) is 0.559. The summed E-state index contributed by atoms with van der Waals surface area (Å²) in [6.45, 7) is 3.10. The average molecular weight is 352 g/mol. The molecule has 3 saturated carbocycles. The second kappa shape index (κ2) is 5.81. The number of hydrogen-bond donors (Lipinski definition) is 0. The minimum Gasteiger partial charge on any atom is -0.468 e. The van der Waals surface area contributed by atoms with Gasteiger partial charge < -0.3 is 14.2 Å². The third-order valence-electron chi connectivity index (χ3n) is 6.37. The first-order valence-electron chi connectivity index (χ1n) is 8.82. The number of rotatable bonds is 4. The lowest BCUT2D eigenvalue weighted by Gasteiger charge is -2.70. The fourth-order valence-corrected chi connectivity index (χ4v) is 5.83. The maximum Gasteiger partial charge on any atom is 0.316 e. The van der Waals surface area contributed by atoms with Crippen LogP contribution in [-0.2, 0) is 33.4 Å². The Morgan fingerprint density at radius 2 is 1.72 bits per heavy atom. The Morgan fingerprint density at radius 3 is 2.32 bits per heavy atom. The molecule has 0 unspecified atom stereocenters. The lowest BCUT2D eigenvalue weighted by molar-refractivity contribution is -0.312. The zero-order valence-electron chi connectivity index (χ0n) is 14.9. The van der Waals surface area contributed by atoms with Crippen molar-refractivity contribution in [2.45, 2.75) is 58.0 Å². The van der Waals surface area contributed by atoms with Crippen molar-refractivity contribution >= 4 is 23.7 Å². The van der Waals surface area contributed by atoms with E-state index < -0.39 is 40.3 Å². The molecule has 0 heterocycles. The van der Waals surface area contributed by atoms with Gasteiger partial charge in [0.25, 0.3) is 0 Å². The highest BCUT2D eigenvalue weighted by molar-refractivity contribution is 6.04. The molecule has 4 atom stereocenters. The van der Waals surface area contributed by atoms with E-state index in [1.807, 2.05) is 0 Å². The summed E-state index contributed by atoms with van der Waals surface area (Å²) < 4.78 is 16.1. The van der Waals surface area contributed by atoms with E-state index in [2.05, 4.69) is 0 Å². The van der Waals surface area contributed by atoms with Crippen molar-refractivity contribution in [2.24, 2.45) is 16.7 Å². The fourth-order valence-electron chi connectivity index (χ4n) is 5.83. The monoisotopic (exact) mass is 352 g/mol. The average Bonchev–Trinajstić information content (AvgIpc) is 2.88. The predicted molar refractivity (Wildman–Crippen MR) is 84.2 cm³/mol. The SMILES string of the molecule is CCOC(=O)[C@]12CCCC[C@@]1(OC(C)=O)[C@@]1(C(=O)OC)CCC(=O)[C@@H]21. The van der Waals surface area contributed by atoms with Gasteiger partial charge in [-0.25, -0.2) is 0 Å². The number of hydrogen-bond acceptors (Lipinski definition) is 7. The van der Waals surface area contributed by atoms with E-state index in [1.165, 1.54) is 14.0 Å². The molecule has 0 saturated heterocycles. The molecule has 7 nitrogen and oxygen atoms in total. The van der Waals surface area contributed by atoms with Crippen molar-refractivity contribution in [3.8, 4) is 0 Å². The molecular formula is C18H24O7. The molecule has 7 heteroatoms. The van der Waals surface area contributed by atoms with Gasteiger partial charge in [-0.05, 0) is 32.6 Å². The van der Waals surface area contributed by atoms with E-state index >= 15 is 0 Å². The maximum absolute atomic E-state index is 13.0. The molecule has 3 aliphatic carbocycles. The van der Waals surface area contributed by atoms with E-state index in [9.17, 15) is 19.2 Å². The molecule has 0 aromatic rings. The van der Waals surface area contributed by atoms with Crippen LogP contribution in [0.5, 0.6) is 0 Å². The molecule has 25 heavy (non-hydrogen) atoms. The van der Waals surface area contributed by atoms with Crippen LogP contribution in [0.15, 0.2) is 0 Å². The van der Waals surface area contributed by atoms with Gasteiger partial charge in [0.15, 0.2) is 0 Å². The van der Waals surface area contributed by atoms with Crippen molar-refractivity contribution in [3.63, 3.8) is 0 Å². The summed E-state index contributed by atoms with van der Waals surface area (Å²) in [6, 6.07) is 0. The Hall–Kier alpha value is -1.92. The Morgan fingerprint density at radius 1 is 1.08 bits per heavy atom. The van der Waals surface area contributed by atoms with Gasteiger partial charge in [-0.2, -0.15) is 0 Å². The highest BCUT2D eigenvalue weighted by Gasteiger charge is 2.91. The van der Waals surface area contributed by atoms with E-state index in [1.54, 1.807) is 6.92 Å². The zero-order chi connectivity index (χ0) is 18.5. The van der Waals surface area contributed by atoms with Gasteiger partial charge in [0, 0.05) is 13.3 Å². The molecule has 0 N–H and O–H groups in total. The molecule has 0 aliphatic heterocycles. The van der Waals surface area contributed by atoms with Crippen LogP contribution in [-0.4, -0.2) is 43.0 Å². The Bertz CT molecular complexity index is 641. The van der Waals surface area contributed by atoms with Gasteiger partial charge in [-0.3, -0.25) is 19.2 Å². The van der Waals surface area contributed by atoms with Crippen LogP contribution >= 0.6 is 0 Å². The number of ether oxygens (including phenoxy) is 3. The highest BCUT2D eigenvalue weighted by Crippen LogP contribution is 2.78. The van der Waals surface area contributed by atoms with E-state index in [0.29, 0.717) is 25.7 Å². The highest BCUT2D eigenvalue weighted by atomic mass is 16.6. The number of carbonyl (C=O) groups is 4. The molecule has 3 fully saturated rings. The normalized spacial score (nSPS) is 38.8. The summed E-state index contributed by atoms with van der Waals surface area (Å²) in [6.07, 6.45) is 2.54. The van der Waals surface area contributed by atoms with Gasteiger partial charge in [-0.1, -0.05) is 6.42 Å². The summed E-state index contributed by atoms with van der Waals surface area (Å²) in [5.74, 6) is -2.69. The van der Waals surface area contributed by atoms with Crippen molar-refractivity contribution in [3.05, 3.63) is 0 Å². The minimum absolute atomic E-state index is 0.150. The Kier molecular flexibility index (Phi) is 4.16. The summed E-state index contributed by atoms with van der Waals surface area (Å²) in [5, 5.41) is 0. The van der Waals surface area contributed by atoms with Crippen molar-refractivity contribution in [1.82, 2.24) is 0 Å². The van der Waals surface area contributed by atoms with E-state index in [0.717, 1.165) is 0 Å². The van der Waals surface area contributed by atoms with Crippen molar-refractivity contribution in [2.75, 3.05) is 13.7 Å². The van der Waals surface area contributed by atoms with Gasteiger partial charge in [-0.15, -0.1) is 0 Å². The van der Waals surface area contributed by atoms with Gasteiger partial charge in [0.05, 0.1) is 19.6 Å². The lowest BCUT2D eigenvalue weighted by atomic mass is 9.33. The zero-order valence-corrected chi connectivity index (χ0v) is 14.9. The van der Waals surface area contributed by atoms with Gasteiger partial charge in [0.1, 0.15) is 22.2 Å². The minimum atomic E-state index is -1.36. The van der Waals surface area contributed by atoms with Crippen LogP contribution in [0.3, 0.4) is 0 Å². The first-order valence-corrected chi connectivity index (χ1v) is 8.82. The number of ketones is 1. The van der Waals surface area contributed by atoms with Gasteiger partial charge >= 0.3 is 17.9 Å². The first kappa shape index (κ1) is 17.9. The number of carbonyl (C=O) groups excluding carboxylic acids is 4. The maximum atomic E-state index is 13.0. The second-order valence-electron chi connectivity index (χ2n) is 7.18. The topological polar surface area (TPSA) is 96.0 Å². The first-order chi connectivity index (χ1) is 11.8.